The highest BCUT2D eigenvalue weighted by atomic mass is 15.2. The summed E-state index contributed by atoms with van der Waals surface area (Å²) in [6.45, 7) is 13.9. The molecule has 1 aliphatic heterocycles. The van der Waals surface area contributed by atoms with Gasteiger partial charge < -0.3 is 10.2 Å². The molecule has 2 aliphatic rings. The zero-order valence-electron chi connectivity index (χ0n) is 16.6. The molecular formula is C24H36N2. The van der Waals surface area contributed by atoms with Crippen molar-refractivity contribution >= 4 is 0 Å². The molecule has 1 N–H and O–H groups in total. The van der Waals surface area contributed by atoms with Crippen molar-refractivity contribution < 1.29 is 0 Å². The van der Waals surface area contributed by atoms with Crippen LogP contribution in [-0.4, -0.2) is 24.0 Å². The Kier molecular flexibility index (Phi) is 6.96. The number of rotatable bonds is 10. The molecule has 1 saturated carbocycles. The van der Waals surface area contributed by atoms with Crippen molar-refractivity contribution in [3.63, 3.8) is 0 Å². The highest BCUT2D eigenvalue weighted by molar-refractivity contribution is 5.30. The lowest BCUT2D eigenvalue weighted by Crippen LogP contribution is -2.37. The predicted molar refractivity (Wildman–Crippen MR) is 112 cm³/mol. The fourth-order valence-corrected chi connectivity index (χ4v) is 4.22. The van der Waals surface area contributed by atoms with Crippen LogP contribution in [0.2, 0.25) is 0 Å². The average Bonchev–Trinajstić information content (AvgIpc) is 3.48. The van der Waals surface area contributed by atoms with Gasteiger partial charge in [0, 0.05) is 30.7 Å². The van der Waals surface area contributed by atoms with Gasteiger partial charge in [0.05, 0.1) is 0 Å². The second-order valence-corrected chi connectivity index (χ2v) is 8.26. The number of nitrogens with one attached hydrogen (secondary N) is 1. The second kappa shape index (κ2) is 9.41. The molecule has 1 aliphatic carbocycles. The molecule has 142 valence electrons. The molecule has 1 aromatic carbocycles. The van der Waals surface area contributed by atoms with Crippen molar-refractivity contribution in [3.05, 3.63) is 59.8 Å². The van der Waals surface area contributed by atoms with Crippen LogP contribution in [0, 0.1) is 12.8 Å². The van der Waals surface area contributed by atoms with Crippen LogP contribution in [0.5, 0.6) is 0 Å². The molecular weight excluding hydrogens is 316 g/mol. The first-order valence-corrected chi connectivity index (χ1v) is 10.5. The van der Waals surface area contributed by atoms with E-state index in [1.54, 1.807) is 0 Å². The van der Waals surface area contributed by atoms with E-state index in [4.69, 9.17) is 0 Å². The van der Waals surface area contributed by atoms with Crippen molar-refractivity contribution in [2.45, 2.75) is 70.9 Å². The molecule has 3 rings (SSSR count). The van der Waals surface area contributed by atoms with E-state index >= 15 is 0 Å². The minimum atomic E-state index is 0.618. The highest BCUT2D eigenvalue weighted by Gasteiger charge is 2.32. The summed E-state index contributed by atoms with van der Waals surface area (Å²) < 4.78 is 0. The topological polar surface area (TPSA) is 15.3 Å². The summed E-state index contributed by atoms with van der Waals surface area (Å²) in [6.07, 6.45) is 12.1. The number of piperidine rings is 1. The molecule has 1 saturated heterocycles. The van der Waals surface area contributed by atoms with Gasteiger partial charge in [-0.25, -0.2) is 0 Å². The Labute approximate surface area is 160 Å². The molecule has 2 heteroatoms. The molecule has 0 bridgehead atoms. The van der Waals surface area contributed by atoms with Crippen LogP contribution in [-0.2, 0) is 13.0 Å². The zero-order chi connectivity index (χ0) is 18.4. The maximum Gasteiger partial charge on any atom is 0.0429 e. The predicted octanol–water partition coefficient (Wildman–Crippen LogP) is 5.37. The number of unbranched alkanes of at least 4 members (excludes halogenated alkanes) is 2. The lowest BCUT2D eigenvalue weighted by atomic mass is 9.95. The summed E-state index contributed by atoms with van der Waals surface area (Å²) in [5, 5.41) is 3.55. The molecule has 1 unspecified atom stereocenters. The Bertz CT molecular complexity index is 609. The zero-order valence-corrected chi connectivity index (χ0v) is 16.6. The second-order valence-electron chi connectivity index (χ2n) is 8.26. The monoisotopic (exact) mass is 352 g/mol. The van der Waals surface area contributed by atoms with Gasteiger partial charge in [-0.3, -0.25) is 0 Å². The van der Waals surface area contributed by atoms with E-state index in [9.17, 15) is 0 Å². The van der Waals surface area contributed by atoms with E-state index in [1.807, 2.05) is 6.08 Å². The molecule has 0 radical (unpaired) electrons. The number of hydrogen-bond acceptors (Lipinski definition) is 2. The largest absolute Gasteiger partial charge is 0.368 e. The van der Waals surface area contributed by atoms with Crippen LogP contribution in [0.1, 0.15) is 61.6 Å². The van der Waals surface area contributed by atoms with Crippen molar-refractivity contribution in [2.75, 3.05) is 13.1 Å². The molecule has 2 nitrogen and oxygen atoms in total. The number of allylic oxidation sites excluding steroid dienone is 1. The van der Waals surface area contributed by atoms with E-state index in [1.165, 1.54) is 73.9 Å². The third kappa shape index (κ3) is 5.48. The minimum absolute atomic E-state index is 0.618. The Morgan fingerprint density at radius 2 is 2.00 bits per heavy atom. The van der Waals surface area contributed by atoms with Gasteiger partial charge in [-0.2, -0.15) is 0 Å². The summed E-state index contributed by atoms with van der Waals surface area (Å²) in [5.74, 6) is 0.618. The SMILES string of the molecule is C=CCCCCc1cc(C)cc(CN(C(=C)C2CCCNC2)C2CC2)c1. The lowest BCUT2D eigenvalue weighted by Gasteiger charge is -2.34. The molecule has 0 amide bonds. The summed E-state index contributed by atoms with van der Waals surface area (Å²) in [5.41, 5.74) is 5.71. The molecule has 26 heavy (non-hydrogen) atoms. The summed E-state index contributed by atoms with van der Waals surface area (Å²) in [7, 11) is 0. The molecule has 0 spiro atoms. The molecule has 2 fully saturated rings. The first-order chi connectivity index (χ1) is 12.7. The van der Waals surface area contributed by atoms with E-state index < -0.39 is 0 Å². The van der Waals surface area contributed by atoms with Crippen LogP contribution >= 0.6 is 0 Å². The van der Waals surface area contributed by atoms with E-state index in [2.05, 4.69) is 48.5 Å². The van der Waals surface area contributed by atoms with Crippen LogP contribution < -0.4 is 5.32 Å². The van der Waals surface area contributed by atoms with Crippen LogP contribution in [0.15, 0.2) is 43.1 Å². The molecule has 1 atom stereocenters. The number of hydrogen-bond donors (Lipinski definition) is 1. The Morgan fingerprint density at radius 1 is 1.19 bits per heavy atom. The molecule has 1 aromatic rings. The standard InChI is InChI=1S/C24H36N2/c1-4-5-6-7-9-21-14-19(2)15-22(16-21)18-26(24-11-12-24)20(3)23-10-8-13-25-17-23/h4,14-16,23-25H,1,3,5-13,17-18H2,2H3. The van der Waals surface area contributed by atoms with Gasteiger partial charge in [0.25, 0.3) is 0 Å². The number of aryl methyl sites for hydroxylation is 2. The summed E-state index contributed by atoms with van der Waals surface area (Å²) in [6, 6.07) is 7.89. The fourth-order valence-electron chi connectivity index (χ4n) is 4.22. The Hall–Kier alpha value is -1.54. The van der Waals surface area contributed by atoms with Crippen molar-refractivity contribution in [2.24, 2.45) is 5.92 Å². The van der Waals surface area contributed by atoms with Crippen LogP contribution in [0.25, 0.3) is 0 Å². The van der Waals surface area contributed by atoms with Gasteiger partial charge in [0.2, 0.25) is 0 Å². The van der Waals surface area contributed by atoms with Crippen molar-refractivity contribution in [3.8, 4) is 0 Å². The van der Waals surface area contributed by atoms with Gasteiger partial charge in [0.1, 0.15) is 0 Å². The molecule has 0 aromatic heterocycles. The summed E-state index contributed by atoms with van der Waals surface area (Å²) >= 11 is 0. The van der Waals surface area contributed by atoms with Crippen molar-refractivity contribution in [1.82, 2.24) is 10.2 Å². The summed E-state index contributed by atoms with van der Waals surface area (Å²) in [4.78, 5) is 2.62. The maximum absolute atomic E-state index is 4.53. The smallest absolute Gasteiger partial charge is 0.0429 e. The van der Waals surface area contributed by atoms with E-state index in [-0.39, 0.29) is 0 Å². The quantitative estimate of drug-likeness (QED) is 0.450. The van der Waals surface area contributed by atoms with Crippen LogP contribution in [0.4, 0.5) is 0 Å². The Morgan fingerprint density at radius 3 is 2.69 bits per heavy atom. The van der Waals surface area contributed by atoms with E-state index in [0.29, 0.717) is 5.92 Å². The molecule has 1 heterocycles. The van der Waals surface area contributed by atoms with Gasteiger partial charge in [-0.1, -0.05) is 36.4 Å². The van der Waals surface area contributed by atoms with E-state index in [0.717, 1.165) is 25.6 Å². The van der Waals surface area contributed by atoms with Gasteiger partial charge in [-0.05, 0) is 76.0 Å². The highest BCUT2D eigenvalue weighted by Crippen LogP contribution is 2.35. The first-order valence-electron chi connectivity index (χ1n) is 10.5. The maximum atomic E-state index is 4.53. The third-order valence-electron chi connectivity index (χ3n) is 5.80. The van der Waals surface area contributed by atoms with Gasteiger partial charge in [0.15, 0.2) is 0 Å². The Balaban J connectivity index is 1.65. The normalized spacial score (nSPS) is 20.0. The van der Waals surface area contributed by atoms with Crippen LogP contribution in [0.3, 0.4) is 0 Å². The fraction of sp³-hybridized carbons (Fsp3) is 0.583. The first kappa shape index (κ1) is 19.2. The van der Waals surface area contributed by atoms with Gasteiger partial charge in [-0.15, -0.1) is 6.58 Å². The average molecular weight is 353 g/mol. The van der Waals surface area contributed by atoms with Crippen molar-refractivity contribution in [1.29, 1.82) is 0 Å². The number of nitrogens with zero attached hydrogens (tertiary/aromatic N) is 1. The van der Waals surface area contributed by atoms with Gasteiger partial charge >= 0.3 is 0 Å². The lowest BCUT2D eigenvalue weighted by molar-refractivity contribution is 0.262. The minimum Gasteiger partial charge on any atom is -0.368 e. The third-order valence-corrected chi connectivity index (χ3v) is 5.80. The number of benzene rings is 1.